The van der Waals surface area contributed by atoms with Crippen molar-refractivity contribution >= 4 is 5.97 Å². The molecule has 9 heavy (non-hydrogen) atoms. The van der Waals surface area contributed by atoms with E-state index in [1.54, 1.807) is 0 Å². The van der Waals surface area contributed by atoms with Gasteiger partial charge in [-0.15, -0.1) is 0 Å². The van der Waals surface area contributed by atoms with E-state index < -0.39 is 0 Å². The lowest BCUT2D eigenvalue weighted by Crippen LogP contribution is -2.36. The molecule has 3 heteroatoms. The van der Waals surface area contributed by atoms with E-state index in [2.05, 4.69) is 0 Å². The van der Waals surface area contributed by atoms with Gasteiger partial charge < -0.3 is 9.47 Å². The highest BCUT2D eigenvalue weighted by molar-refractivity contribution is 5.78. The van der Waals surface area contributed by atoms with Crippen molar-refractivity contribution in [3.8, 4) is 0 Å². The Morgan fingerprint density at radius 1 is 1.44 bits per heavy atom. The minimum atomic E-state index is -0.0428. The summed E-state index contributed by atoms with van der Waals surface area (Å²) >= 11 is 0. The standard InChI is InChI=1S/C6H6O3/c7-6-3-2(1-8-6)4-5(3)9-4/h2-5H,1H2/t2-,3+,4-,5+/m1/s1. The third kappa shape index (κ3) is 0.314. The van der Waals surface area contributed by atoms with E-state index in [9.17, 15) is 4.79 Å². The molecule has 3 aliphatic rings. The van der Waals surface area contributed by atoms with Crippen LogP contribution in [0.5, 0.6) is 0 Å². The summed E-state index contributed by atoms with van der Waals surface area (Å²) in [5, 5.41) is 0. The normalized spacial score (nSPS) is 59.3. The van der Waals surface area contributed by atoms with Crippen molar-refractivity contribution in [3.63, 3.8) is 0 Å². The lowest BCUT2D eigenvalue weighted by molar-refractivity contribution is -0.141. The fourth-order valence-corrected chi connectivity index (χ4v) is 1.85. The fraction of sp³-hybridized carbons (Fsp3) is 0.833. The summed E-state index contributed by atoms with van der Waals surface area (Å²) in [6, 6.07) is 0. The molecule has 0 aromatic rings. The highest BCUT2D eigenvalue weighted by atomic mass is 16.6. The number of hydrogen-bond acceptors (Lipinski definition) is 3. The number of cyclic esters (lactones) is 1. The van der Waals surface area contributed by atoms with Gasteiger partial charge >= 0.3 is 5.97 Å². The maximum atomic E-state index is 10.8. The number of carbonyl (C=O) groups is 1. The van der Waals surface area contributed by atoms with Gasteiger partial charge in [-0.2, -0.15) is 0 Å². The Morgan fingerprint density at radius 3 is 3.11 bits per heavy atom. The van der Waals surface area contributed by atoms with Crippen molar-refractivity contribution in [2.75, 3.05) is 6.61 Å². The fourth-order valence-electron chi connectivity index (χ4n) is 1.85. The summed E-state index contributed by atoms with van der Waals surface area (Å²) < 4.78 is 9.99. The summed E-state index contributed by atoms with van der Waals surface area (Å²) in [5.41, 5.74) is 0. The highest BCUT2D eigenvalue weighted by Gasteiger charge is 2.70. The molecule has 0 radical (unpaired) electrons. The van der Waals surface area contributed by atoms with Crippen LogP contribution in [0.15, 0.2) is 0 Å². The highest BCUT2D eigenvalue weighted by Crippen LogP contribution is 2.55. The van der Waals surface area contributed by atoms with Crippen LogP contribution in [-0.2, 0) is 14.3 Å². The van der Waals surface area contributed by atoms with Crippen molar-refractivity contribution in [1.29, 1.82) is 0 Å². The van der Waals surface area contributed by atoms with Crippen LogP contribution in [0.1, 0.15) is 0 Å². The first-order valence-electron chi connectivity index (χ1n) is 3.20. The van der Waals surface area contributed by atoms with Crippen molar-refractivity contribution in [1.82, 2.24) is 0 Å². The van der Waals surface area contributed by atoms with Gasteiger partial charge in [0.15, 0.2) is 0 Å². The zero-order valence-corrected chi connectivity index (χ0v) is 4.74. The molecule has 0 aromatic carbocycles. The Labute approximate surface area is 51.9 Å². The van der Waals surface area contributed by atoms with Crippen LogP contribution < -0.4 is 0 Å². The monoisotopic (exact) mass is 126 g/mol. The molecule has 3 fully saturated rings. The van der Waals surface area contributed by atoms with Crippen molar-refractivity contribution in [2.24, 2.45) is 11.8 Å². The first kappa shape index (κ1) is 4.28. The van der Waals surface area contributed by atoms with Crippen LogP contribution in [0, 0.1) is 11.8 Å². The maximum absolute atomic E-state index is 10.8. The molecule has 0 unspecified atom stereocenters. The molecule has 1 saturated carbocycles. The SMILES string of the molecule is O=C1OC[C@H]2[C@H]3O[C@H]3[C@@H]12. The molecule has 0 amide bonds. The van der Waals surface area contributed by atoms with Gasteiger partial charge in [-0.05, 0) is 0 Å². The molecule has 2 saturated heterocycles. The Balaban J connectivity index is 1.97. The second-order valence-corrected chi connectivity index (χ2v) is 2.88. The van der Waals surface area contributed by atoms with E-state index in [1.807, 2.05) is 0 Å². The molecule has 48 valence electrons. The second kappa shape index (κ2) is 1.01. The molecule has 3 rings (SSSR count). The molecule has 3 nitrogen and oxygen atoms in total. The summed E-state index contributed by atoms with van der Waals surface area (Å²) in [6.07, 6.45) is 0.645. The van der Waals surface area contributed by atoms with E-state index in [0.29, 0.717) is 18.6 Å². The molecule has 0 N–H and O–H groups in total. The number of ether oxygens (including phenoxy) is 2. The number of esters is 1. The molecule has 2 aliphatic heterocycles. The third-order valence-electron chi connectivity index (χ3n) is 2.49. The van der Waals surface area contributed by atoms with Gasteiger partial charge in [0.2, 0.25) is 0 Å². The van der Waals surface area contributed by atoms with Crippen LogP contribution in [0.2, 0.25) is 0 Å². The molecular formula is C6H6O3. The quantitative estimate of drug-likeness (QED) is 0.326. The number of hydrogen-bond donors (Lipinski definition) is 0. The Hall–Kier alpha value is -0.570. The average molecular weight is 126 g/mol. The van der Waals surface area contributed by atoms with E-state index in [1.165, 1.54) is 0 Å². The minimum Gasteiger partial charge on any atom is -0.465 e. The van der Waals surface area contributed by atoms with E-state index in [4.69, 9.17) is 9.47 Å². The Bertz CT molecular complexity index is 189. The average Bonchev–Trinajstić information content (AvgIpc) is 2.38. The van der Waals surface area contributed by atoms with Crippen LogP contribution in [0.4, 0.5) is 0 Å². The van der Waals surface area contributed by atoms with Crippen LogP contribution in [0.3, 0.4) is 0 Å². The van der Waals surface area contributed by atoms with Crippen molar-refractivity contribution in [3.05, 3.63) is 0 Å². The molecule has 2 heterocycles. The lowest BCUT2D eigenvalue weighted by Gasteiger charge is -2.17. The van der Waals surface area contributed by atoms with Gasteiger partial charge in [0, 0.05) is 5.92 Å². The number of carbonyl (C=O) groups excluding carboxylic acids is 1. The van der Waals surface area contributed by atoms with Crippen LogP contribution in [0.25, 0.3) is 0 Å². The van der Waals surface area contributed by atoms with Gasteiger partial charge in [0.25, 0.3) is 0 Å². The van der Waals surface area contributed by atoms with Gasteiger partial charge in [-0.1, -0.05) is 0 Å². The molecule has 0 aromatic heterocycles. The number of rotatable bonds is 0. The Kier molecular flexibility index (Phi) is 0.481. The van der Waals surface area contributed by atoms with Crippen LogP contribution >= 0.6 is 0 Å². The first-order chi connectivity index (χ1) is 4.38. The molecule has 0 bridgehead atoms. The van der Waals surface area contributed by atoms with Crippen LogP contribution in [-0.4, -0.2) is 24.8 Å². The minimum absolute atomic E-state index is 0.0428. The molecule has 4 atom stereocenters. The molecule has 1 aliphatic carbocycles. The topological polar surface area (TPSA) is 38.8 Å². The smallest absolute Gasteiger partial charge is 0.312 e. The molecular weight excluding hydrogens is 120 g/mol. The summed E-state index contributed by atoms with van der Waals surface area (Å²) in [6.45, 7) is 0.602. The van der Waals surface area contributed by atoms with Gasteiger partial charge in [0.05, 0.1) is 24.7 Å². The summed E-state index contributed by atoms with van der Waals surface area (Å²) in [4.78, 5) is 10.8. The van der Waals surface area contributed by atoms with Crippen molar-refractivity contribution in [2.45, 2.75) is 12.2 Å². The van der Waals surface area contributed by atoms with E-state index in [0.717, 1.165) is 0 Å². The number of epoxide rings is 1. The van der Waals surface area contributed by atoms with Gasteiger partial charge in [-0.3, -0.25) is 4.79 Å². The summed E-state index contributed by atoms with van der Waals surface area (Å²) in [7, 11) is 0. The van der Waals surface area contributed by atoms with Gasteiger partial charge in [0.1, 0.15) is 0 Å². The third-order valence-corrected chi connectivity index (χ3v) is 2.49. The van der Waals surface area contributed by atoms with Crippen molar-refractivity contribution < 1.29 is 14.3 Å². The summed E-state index contributed by atoms with van der Waals surface area (Å²) in [5.74, 6) is 0.497. The maximum Gasteiger partial charge on any atom is 0.312 e. The second-order valence-electron chi connectivity index (χ2n) is 2.88. The predicted molar refractivity (Wildman–Crippen MR) is 26.6 cm³/mol. The zero-order valence-electron chi connectivity index (χ0n) is 4.74. The van der Waals surface area contributed by atoms with E-state index >= 15 is 0 Å². The van der Waals surface area contributed by atoms with E-state index in [-0.39, 0.29) is 18.0 Å². The predicted octanol–water partition coefficient (Wildman–Crippen LogP) is -0.443. The lowest BCUT2D eigenvalue weighted by atomic mass is 9.76. The largest absolute Gasteiger partial charge is 0.465 e. The number of fused-ring (bicyclic) bond motifs is 4. The zero-order chi connectivity index (χ0) is 6.01. The molecule has 0 spiro atoms. The van der Waals surface area contributed by atoms with Gasteiger partial charge in [-0.25, -0.2) is 0 Å². The first-order valence-corrected chi connectivity index (χ1v) is 3.20. The Morgan fingerprint density at radius 2 is 2.33 bits per heavy atom.